The summed E-state index contributed by atoms with van der Waals surface area (Å²) in [5, 5.41) is 27.7. The molecule has 2 atom stereocenters. The Balaban J connectivity index is 2.46. The quantitative estimate of drug-likeness (QED) is 0.430. The highest BCUT2D eigenvalue weighted by Gasteiger charge is 2.40. The van der Waals surface area contributed by atoms with Crippen LogP contribution in [-0.4, -0.2) is 49.5 Å². The number of nitrogens with zero attached hydrogens (tertiary/aromatic N) is 1. The summed E-state index contributed by atoms with van der Waals surface area (Å²) in [6, 6.07) is 0. The molecule has 2 unspecified atom stereocenters. The zero-order valence-electron chi connectivity index (χ0n) is 11.0. The number of carboxylic acids is 1. The normalized spacial score (nSPS) is 16.0. The number of aliphatic hydroxyl groups is 2. The number of rotatable bonds is 8. The first kappa shape index (κ1) is 15.6. The second kappa shape index (κ2) is 6.65. The maximum atomic E-state index is 10.9. The highest BCUT2D eigenvalue weighted by molar-refractivity contribution is 5.79. The molecule has 7 heteroatoms. The van der Waals surface area contributed by atoms with Gasteiger partial charge in [-0.3, -0.25) is 4.79 Å². The monoisotopic (exact) mass is 271 g/mol. The molecule has 0 radical (unpaired) electrons. The molecule has 0 amide bonds. The first-order valence-corrected chi connectivity index (χ1v) is 6.28. The molecule has 0 saturated heterocycles. The fourth-order valence-corrected chi connectivity index (χ4v) is 1.77. The van der Waals surface area contributed by atoms with Crippen molar-refractivity contribution < 1.29 is 20.1 Å². The molecular formula is C12H21N3O4. The van der Waals surface area contributed by atoms with E-state index in [1.54, 1.807) is 6.20 Å². The Labute approximate surface area is 111 Å². The number of carboxylic acid groups (broad SMARTS) is 1. The number of nitrogens with one attached hydrogen (secondary N) is 1. The smallest absolute Gasteiger partial charge is 0.328 e. The maximum absolute atomic E-state index is 10.9. The zero-order valence-corrected chi connectivity index (χ0v) is 11.0. The number of aryl methyl sites for hydroxylation is 2. The van der Waals surface area contributed by atoms with Crippen molar-refractivity contribution in [2.75, 3.05) is 6.61 Å². The van der Waals surface area contributed by atoms with Crippen LogP contribution in [0, 0.1) is 0 Å². The van der Waals surface area contributed by atoms with Crippen LogP contribution in [0.5, 0.6) is 0 Å². The van der Waals surface area contributed by atoms with Crippen molar-refractivity contribution in [3.63, 3.8) is 0 Å². The summed E-state index contributed by atoms with van der Waals surface area (Å²) < 4.78 is 0. The summed E-state index contributed by atoms with van der Waals surface area (Å²) >= 11 is 0. The molecule has 1 aromatic rings. The number of carbonyl (C=O) groups is 1. The summed E-state index contributed by atoms with van der Waals surface area (Å²) in [6.07, 6.45) is 2.65. The Morgan fingerprint density at radius 3 is 2.79 bits per heavy atom. The van der Waals surface area contributed by atoms with Crippen LogP contribution >= 0.6 is 0 Å². The number of aliphatic carboxylic acids is 1. The Kier molecular flexibility index (Phi) is 5.46. The fraction of sp³-hybridized carbons (Fsp3) is 0.667. The van der Waals surface area contributed by atoms with Crippen molar-refractivity contribution in [2.24, 2.45) is 5.73 Å². The van der Waals surface area contributed by atoms with E-state index in [9.17, 15) is 9.90 Å². The molecule has 7 nitrogen and oxygen atoms in total. The lowest BCUT2D eigenvalue weighted by Gasteiger charge is -2.27. The van der Waals surface area contributed by atoms with Gasteiger partial charge in [0.15, 0.2) is 5.54 Å². The number of hydrogen-bond donors (Lipinski definition) is 5. The molecule has 1 aromatic heterocycles. The van der Waals surface area contributed by atoms with Crippen molar-refractivity contribution in [3.05, 3.63) is 17.7 Å². The van der Waals surface area contributed by atoms with E-state index in [-0.39, 0.29) is 6.42 Å². The third-order valence-corrected chi connectivity index (χ3v) is 3.19. The van der Waals surface area contributed by atoms with Gasteiger partial charge < -0.3 is 26.0 Å². The summed E-state index contributed by atoms with van der Waals surface area (Å²) in [6.45, 7) is 1.19. The molecule has 1 heterocycles. The van der Waals surface area contributed by atoms with Crippen LogP contribution < -0.4 is 5.73 Å². The molecule has 1 rings (SSSR count). The minimum atomic E-state index is -2.00. The van der Waals surface area contributed by atoms with Gasteiger partial charge in [-0.15, -0.1) is 0 Å². The van der Waals surface area contributed by atoms with Crippen LogP contribution in [0.15, 0.2) is 6.20 Å². The fourth-order valence-electron chi connectivity index (χ4n) is 1.77. The number of imidazole rings is 1. The van der Waals surface area contributed by atoms with Gasteiger partial charge in [0.05, 0.1) is 12.7 Å². The minimum Gasteiger partial charge on any atom is -0.480 e. The average molecular weight is 271 g/mol. The largest absolute Gasteiger partial charge is 0.480 e. The number of hydrogen-bond acceptors (Lipinski definition) is 5. The predicted octanol–water partition coefficient (Wildman–Crippen LogP) is -0.570. The lowest BCUT2D eigenvalue weighted by Crippen LogP contribution is -2.60. The molecule has 108 valence electrons. The SMILES string of the molecule is CCc1ncc(CCCC(O)C(N)(CO)C(=O)O)[nH]1. The lowest BCUT2D eigenvalue weighted by molar-refractivity contribution is -0.150. The first-order valence-electron chi connectivity index (χ1n) is 6.28. The van der Waals surface area contributed by atoms with Gasteiger partial charge in [-0.05, 0) is 19.3 Å². The summed E-state index contributed by atoms with van der Waals surface area (Å²) in [5.41, 5.74) is 4.41. The lowest BCUT2D eigenvalue weighted by atomic mass is 9.91. The second-order valence-electron chi connectivity index (χ2n) is 4.62. The van der Waals surface area contributed by atoms with E-state index in [1.807, 2.05) is 6.92 Å². The molecule has 0 aromatic carbocycles. The van der Waals surface area contributed by atoms with Crippen molar-refractivity contribution in [2.45, 2.75) is 44.2 Å². The first-order chi connectivity index (χ1) is 8.93. The number of aromatic amines is 1. The van der Waals surface area contributed by atoms with E-state index in [1.165, 1.54) is 0 Å². The molecule has 0 bridgehead atoms. The van der Waals surface area contributed by atoms with Gasteiger partial charge in [0, 0.05) is 18.3 Å². The van der Waals surface area contributed by atoms with Crippen molar-refractivity contribution >= 4 is 5.97 Å². The van der Waals surface area contributed by atoms with Gasteiger partial charge in [0.2, 0.25) is 0 Å². The Hall–Kier alpha value is -1.44. The second-order valence-corrected chi connectivity index (χ2v) is 4.62. The standard InChI is InChI=1S/C12H21N3O4/c1-2-10-14-6-8(15-10)4-3-5-9(17)12(13,7-16)11(18)19/h6,9,16-17H,2-5,7,13H2,1H3,(H,14,15)(H,18,19). The van der Waals surface area contributed by atoms with Gasteiger partial charge in [0.25, 0.3) is 0 Å². The van der Waals surface area contributed by atoms with Crippen LogP contribution in [0.4, 0.5) is 0 Å². The maximum Gasteiger partial charge on any atom is 0.328 e. The molecule has 0 aliphatic rings. The van der Waals surface area contributed by atoms with Gasteiger partial charge in [-0.1, -0.05) is 6.92 Å². The Morgan fingerprint density at radius 1 is 1.63 bits per heavy atom. The van der Waals surface area contributed by atoms with E-state index in [0.717, 1.165) is 17.9 Å². The third-order valence-electron chi connectivity index (χ3n) is 3.19. The molecule has 0 aliphatic heterocycles. The van der Waals surface area contributed by atoms with E-state index < -0.39 is 24.2 Å². The van der Waals surface area contributed by atoms with Crippen LogP contribution in [0.3, 0.4) is 0 Å². The number of aromatic nitrogens is 2. The zero-order chi connectivity index (χ0) is 14.5. The van der Waals surface area contributed by atoms with Gasteiger partial charge in [0.1, 0.15) is 5.82 Å². The van der Waals surface area contributed by atoms with Gasteiger partial charge in [-0.2, -0.15) is 0 Å². The predicted molar refractivity (Wildman–Crippen MR) is 68.6 cm³/mol. The van der Waals surface area contributed by atoms with E-state index in [0.29, 0.717) is 12.8 Å². The third kappa shape index (κ3) is 3.76. The Bertz CT molecular complexity index is 421. The van der Waals surface area contributed by atoms with E-state index in [4.69, 9.17) is 15.9 Å². The molecule has 0 spiro atoms. The van der Waals surface area contributed by atoms with Crippen molar-refractivity contribution in [1.29, 1.82) is 0 Å². The molecule has 19 heavy (non-hydrogen) atoms. The van der Waals surface area contributed by atoms with E-state index in [2.05, 4.69) is 9.97 Å². The molecule has 0 fully saturated rings. The highest BCUT2D eigenvalue weighted by Crippen LogP contribution is 2.14. The minimum absolute atomic E-state index is 0.198. The molecule has 6 N–H and O–H groups in total. The van der Waals surface area contributed by atoms with Crippen molar-refractivity contribution in [3.8, 4) is 0 Å². The van der Waals surface area contributed by atoms with Crippen molar-refractivity contribution in [1.82, 2.24) is 9.97 Å². The van der Waals surface area contributed by atoms with Crippen LogP contribution in [-0.2, 0) is 17.6 Å². The van der Waals surface area contributed by atoms with Crippen LogP contribution in [0.1, 0.15) is 31.3 Å². The molecule has 0 aliphatic carbocycles. The van der Waals surface area contributed by atoms with E-state index >= 15 is 0 Å². The van der Waals surface area contributed by atoms with Gasteiger partial charge in [-0.25, -0.2) is 4.98 Å². The summed E-state index contributed by atoms with van der Waals surface area (Å²) in [5.74, 6) is -0.512. The molecular weight excluding hydrogens is 250 g/mol. The van der Waals surface area contributed by atoms with Gasteiger partial charge >= 0.3 is 5.97 Å². The number of nitrogens with two attached hydrogens (primary N) is 1. The van der Waals surface area contributed by atoms with Crippen LogP contribution in [0.25, 0.3) is 0 Å². The topological polar surface area (TPSA) is 132 Å². The highest BCUT2D eigenvalue weighted by atomic mass is 16.4. The Morgan fingerprint density at radius 2 is 2.32 bits per heavy atom. The number of H-pyrrole nitrogens is 1. The van der Waals surface area contributed by atoms with Crippen LogP contribution in [0.2, 0.25) is 0 Å². The molecule has 0 saturated carbocycles. The number of aliphatic hydroxyl groups excluding tert-OH is 2. The average Bonchev–Trinajstić information content (AvgIpc) is 2.85. The summed E-state index contributed by atoms with van der Waals surface area (Å²) in [7, 11) is 0. The summed E-state index contributed by atoms with van der Waals surface area (Å²) in [4.78, 5) is 18.2.